The van der Waals surface area contributed by atoms with Gasteiger partial charge in [-0.05, 0) is 68.9 Å². The molecule has 7 rings (SSSR count). The number of ether oxygens (including phenoxy) is 3. The lowest BCUT2D eigenvalue weighted by Gasteiger charge is -2.49. The average Bonchev–Trinajstić information content (AvgIpc) is 3.02. The number of fused-ring (bicyclic) bond motifs is 9. The molecule has 1 N–H and O–H groups in total. The largest absolute Gasteiger partial charge is 0.497 e. The lowest BCUT2D eigenvalue weighted by atomic mass is 9.64. The highest BCUT2D eigenvalue weighted by Gasteiger charge is 2.47. The number of aromatic nitrogens is 2. The van der Waals surface area contributed by atoms with Crippen molar-refractivity contribution in [1.29, 1.82) is 0 Å². The number of nitrogens with zero attached hydrogens (tertiary/aromatic N) is 2. The van der Waals surface area contributed by atoms with Crippen LogP contribution < -0.4 is 19.5 Å². The first-order valence-electron chi connectivity index (χ1n) is 15.1. The summed E-state index contributed by atoms with van der Waals surface area (Å²) in [6, 6.07) is 19.5. The molecule has 2 aliphatic rings. The van der Waals surface area contributed by atoms with Gasteiger partial charge in [-0.25, -0.2) is 9.97 Å². The predicted octanol–water partition coefficient (Wildman–Crippen LogP) is 7.57. The van der Waals surface area contributed by atoms with Crippen molar-refractivity contribution in [1.82, 2.24) is 15.3 Å². The molecule has 4 aromatic carbocycles. The Morgan fingerprint density at radius 1 is 0.953 bits per heavy atom. The fraction of sp³-hybridized carbons (Fsp3) is 0.361. The molecule has 43 heavy (non-hydrogen) atoms. The van der Waals surface area contributed by atoms with Crippen molar-refractivity contribution in [2.75, 3.05) is 14.2 Å². The highest BCUT2D eigenvalue weighted by molar-refractivity contribution is 6.11. The fourth-order valence-electron chi connectivity index (χ4n) is 7.31. The Kier molecular flexibility index (Phi) is 6.64. The third-order valence-corrected chi connectivity index (χ3v) is 9.53. The molecule has 1 saturated carbocycles. The number of carbonyl (C=O) groups excluding carboxylic acids is 1. The van der Waals surface area contributed by atoms with Crippen LogP contribution in [-0.4, -0.2) is 35.7 Å². The maximum Gasteiger partial charge on any atom is 0.251 e. The molecule has 220 valence electrons. The number of carbonyl (C=O) groups is 1. The summed E-state index contributed by atoms with van der Waals surface area (Å²) in [5.74, 6) is 3.50. The first-order chi connectivity index (χ1) is 20.8. The van der Waals surface area contributed by atoms with Gasteiger partial charge in [0.25, 0.3) is 5.91 Å². The quantitative estimate of drug-likeness (QED) is 0.172. The minimum atomic E-state index is -0.268. The van der Waals surface area contributed by atoms with Gasteiger partial charge in [0.05, 0.1) is 36.3 Å². The van der Waals surface area contributed by atoms with Gasteiger partial charge in [0.15, 0.2) is 0 Å². The molecule has 2 heterocycles. The second-order valence-corrected chi connectivity index (χ2v) is 12.6. The fourth-order valence-corrected chi connectivity index (χ4v) is 7.31. The maximum absolute atomic E-state index is 13.3. The molecule has 5 aromatic rings. The third kappa shape index (κ3) is 4.62. The number of amides is 1. The van der Waals surface area contributed by atoms with Crippen molar-refractivity contribution in [3.8, 4) is 17.2 Å². The van der Waals surface area contributed by atoms with E-state index in [1.807, 2.05) is 42.5 Å². The number of rotatable bonds is 5. The molecule has 7 nitrogen and oxygen atoms in total. The molecular weight excluding hydrogens is 538 g/mol. The molecule has 1 fully saturated rings. The van der Waals surface area contributed by atoms with Crippen LogP contribution in [0.1, 0.15) is 67.4 Å². The van der Waals surface area contributed by atoms with Gasteiger partial charge in [-0.2, -0.15) is 0 Å². The smallest absolute Gasteiger partial charge is 0.251 e. The van der Waals surface area contributed by atoms with E-state index in [0.29, 0.717) is 46.9 Å². The van der Waals surface area contributed by atoms with E-state index in [2.05, 4.69) is 44.3 Å². The predicted molar refractivity (Wildman–Crippen MR) is 169 cm³/mol. The first-order valence-corrected chi connectivity index (χ1v) is 15.1. The molecule has 3 unspecified atom stereocenters. The van der Waals surface area contributed by atoms with E-state index in [4.69, 9.17) is 24.2 Å². The van der Waals surface area contributed by atoms with E-state index in [-0.39, 0.29) is 11.5 Å². The Bertz CT molecular complexity index is 1900. The Balaban J connectivity index is 1.32. The van der Waals surface area contributed by atoms with Gasteiger partial charge in [0, 0.05) is 46.0 Å². The Morgan fingerprint density at radius 2 is 1.74 bits per heavy atom. The van der Waals surface area contributed by atoms with Crippen molar-refractivity contribution >= 4 is 38.7 Å². The average molecular weight is 576 g/mol. The van der Waals surface area contributed by atoms with Crippen LogP contribution in [0.25, 0.3) is 32.8 Å². The molecule has 1 aromatic heterocycles. The van der Waals surface area contributed by atoms with E-state index in [0.717, 1.165) is 51.5 Å². The number of nitrogens with one attached hydrogen (secondary N) is 1. The monoisotopic (exact) mass is 575 g/mol. The molecule has 0 spiro atoms. The topological polar surface area (TPSA) is 82.6 Å². The van der Waals surface area contributed by atoms with E-state index in [1.165, 1.54) is 12.0 Å². The van der Waals surface area contributed by atoms with Crippen LogP contribution in [0.5, 0.6) is 17.2 Å². The Hall–Kier alpha value is -4.39. The van der Waals surface area contributed by atoms with E-state index in [1.54, 1.807) is 14.2 Å². The van der Waals surface area contributed by atoms with Gasteiger partial charge in [0.1, 0.15) is 22.8 Å². The van der Waals surface area contributed by atoms with Crippen LogP contribution in [0.2, 0.25) is 0 Å². The first kappa shape index (κ1) is 27.4. The molecule has 1 aliphatic heterocycles. The number of benzene rings is 4. The molecule has 1 aliphatic carbocycles. The second-order valence-electron chi connectivity index (χ2n) is 12.6. The van der Waals surface area contributed by atoms with Gasteiger partial charge in [-0.1, -0.05) is 37.6 Å². The summed E-state index contributed by atoms with van der Waals surface area (Å²) in [5, 5.41) is 5.16. The summed E-state index contributed by atoms with van der Waals surface area (Å²) in [7, 11) is 3.22. The van der Waals surface area contributed by atoms with E-state index >= 15 is 0 Å². The molecule has 3 atom stereocenters. The molecule has 0 radical (unpaired) electrons. The van der Waals surface area contributed by atoms with Gasteiger partial charge < -0.3 is 19.5 Å². The summed E-state index contributed by atoms with van der Waals surface area (Å²) in [6.07, 6.45) is 3.45. The SMILES string of the molecule is COc1ccc(CNC(=O)c2ccc3nc4c(nc3c2)c2c(c3ccccc34)OC(C)(C)C3CCC(C)CC23)c(OC)c1. The van der Waals surface area contributed by atoms with Gasteiger partial charge in [0.2, 0.25) is 0 Å². The van der Waals surface area contributed by atoms with Crippen molar-refractivity contribution in [2.24, 2.45) is 11.8 Å². The summed E-state index contributed by atoms with van der Waals surface area (Å²) >= 11 is 0. The van der Waals surface area contributed by atoms with Crippen LogP contribution in [0.3, 0.4) is 0 Å². The lowest BCUT2D eigenvalue weighted by molar-refractivity contribution is -0.0115. The summed E-state index contributed by atoms with van der Waals surface area (Å²) in [5.41, 5.74) is 5.55. The van der Waals surface area contributed by atoms with Crippen LogP contribution in [0, 0.1) is 11.8 Å². The molecule has 0 bridgehead atoms. The summed E-state index contributed by atoms with van der Waals surface area (Å²) in [6.45, 7) is 7.15. The standard InChI is InChI=1S/C36H37N3O4/c1-20-10-14-27-26(16-20)31-33-32(24-8-6-7-9-25(24)34(31)43-36(27,2)3)38-28-15-12-21(17-29(28)39-33)35(40)37-19-22-11-13-23(41-4)18-30(22)42-5/h6-9,11-13,15,17-18,20,26-27H,10,14,16,19H2,1-5H3,(H,37,40). The normalized spacial score (nSPS) is 20.7. The zero-order chi connectivity index (χ0) is 29.9. The molecule has 1 amide bonds. The Labute approximate surface area is 251 Å². The Morgan fingerprint density at radius 3 is 2.53 bits per heavy atom. The molecule has 0 saturated heterocycles. The van der Waals surface area contributed by atoms with Crippen molar-refractivity contribution in [3.63, 3.8) is 0 Å². The van der Waals surface area contributed by atoms with Crippen LogP contribution in [0.4, 0.5) is 0 Å². The maximum atomic E-state index is 13.3. The number of hydrogen-bond donors (Lipinski definition) is 1. The molecule has 7 heteroatoms. The van der Waals surface area contributed by atoms with Crippen LogP contribution >= 0.6 is 0 Å². The third-order valence-electron chi connectivity index (χ3n) is 9.53. The molecular formula is C36H37N3O4. The minimum Gasteiger partial charge on any atom is -0.497 e. The van der Waals surface area contributed by atoms with Gasteiger partial charge in [-0.3, -0.25) is 4.79 Å². The highest BCUT2D eigenvalue weighted by Crippen LogP contribution is 2.56. The van der Waals surface area contributed by atoms with E-state index < -0.39 is 0 Å². The zero-order valence-corrected chi connectivity index (χ0v) is 25.4. The van der Waals surface area contributed by atoms with Crippen molar-refractivity contribution < 1.29 is 19.0 Å². The highest BCUT2D eigenvalue weighted by atomic mass is 16.5. The van der Waals surface area contributed by atoms with Crippen molar-refractivity contribution in [2.45, 2.75) is 58.1 Å². The lowest BCUT2D eigenvalue weighted by Crippen LogP contribution is -2.46. The zero-order valence-electron chi connectivity index (χ0n) is 25.4. The van der Waals surface area contributed by atoms with E-state index in [9.17, 15) is 4.79 Å². The number of hydrogen-bond acceptors (Lipinski definition) is 6. The van der Waals surface area contributed by atoms with Crippen molar-refractivity contribution in [3.05, 3.63) is 77.4 Å². The second kappa shape index (κ2) is 10.4. The van der Waals surface area contributed by atoms with Gasteiger partial charge >= 0.3 is 0 Å². The minimum absolute atomic E-state index is 0.187. The van der Waals surface area contributed by atoms with Crippen LogP contribution in [-0.2, 0) is 6.54 Å². The summed E-state index contributed by atoms with van der Waals surface area (Å²) in [4.78, 5) is 23.7. The van der Waals surface area contributed by atoms with Crippen LogP contribution in [0.15, 0.2) is 60.7 Å². The number of methoxy groups -OCH3 is 2. The van der Waals surface area contributed by atoms with Gasteiger partial charge in [-0.15, -0.1) is 0 Å². The summed E-state index contributed by atoms with van der Waals surface area (Å²) < 4.78 is 17.7.